The fraction of sp³-hybridized carbons (Fsp3) is 0.500. The number of hydrogen-bond acceptors (Lipinski definition) is 4. The zero-order chi connectivity index (χ0) is 15.3. The van der Waals surface area contributed by atoms with Gasteiger partial charge in [0.05, 0.1) is 5.56 Å². The van der Waals surface area contributed by atoms with Gasteiger partial charge in [0.15, 0.2) is 0 Å². The summed E-state index contributed by atoms with van der Waals surface area (Å²) in [6, 6.07) is 9.04. The number of piperidine rings is 1. The summed E-state index contributed by atoms with van der Waals surface area (Å²) in [5.41, 5.74) is 0.349. The molecule has 2 bridgehead atoms. The van der Waals surface area contributed by atoms with Gasteiger partial charge in [0.2, 0.25) is 0 Å². The van der Waals surface area contributed by atoms with E-state index in [0.717, 1.165) is 17.5 Å². The maximum atomic E-state index is 12.6. The van der Waals surface area contributed by atoms with Gasteiger partial charge in [-0.3, -0.25) is 0 Å². The molecule has 1 aromatic carbocycles. The highest BCUT2D eigenvalue weighted by molar-refractivity contribution is 7.17. The quantitative estimate of drug-likeness (QED) is 0.782. The van der Waals surface area contributed by atoms with Crippen molar-refractivity contribution in [3.8, 4) is 0 Å². The van der Waals surface area contributed by atoms with E-state index in [0.29, 0.717) is 17.6 Å². The molecule has 4 rings (SSSR count). The second-order valence-electron chi connectivity index (χ2n) is 6.97. The monoisotopic (exact) mass is 315 g/mol. The molecule has 116 valence electrons. The molecule has 3 nitrogen and oxygen atoms in total. The second kappa shape index (κ2) is 5.07. The second-order valence-corrected chi connectivity index (χ2v) is 7.92. The van der Waals surface area contributed by atoms with E-state index in [-0.39, 0.29) is 11.6 Å². The van der Waals surface area contributed by atoms with Crippen LogP contribution in [0, 0.1) is 0 Å². The minimum Gasteiger partial charge on any atom is -0.456 e. The van der Waals surface area contributed by atoms with Crippen LogP contribution in [0.25, 0.3) is 10.1 Å². The normalized spacial score (nSPS) is 31.5. The van der Waals surface area contributed by atoms with E-state index in [9.17, 15) is 4.79 Å². The van der Waals surface area contributed by atoms with Gasteiger partial charge in [-0.15, -0.1) is 11.3 Å². The van der Waals surface area contributed by atoms with Crippen LogP contribution in [0.1, 0.15) is 43.0 Å². The lowest BCUT2D eigenvalue weighted by Crippen LogP contribution is -2.49. The number of nitrogens with zero attached hydrogens (tertiary/aromatic N) is 1. The predicted molar refractivity (Wildman–Crippen MR) is 89.5 cm³/mol. The number of carbonyl (C=O) groups excluding carboxylic acids is 1. The minimum atomic E-state index is -0.320. The summed E-state index contributed by atoms with van der Waals surface area (Å²) in [6.07, 6.45) is 4.37. The molecular formula is C18H21NO2S. The van der Waals surface area contributed by atoms with Gasteiger partial charge >= 0.3 is 5.97 Å². The third-order valence-corrected chi connectivity index (χ3v) is 6.23. The fourth-order valence-corrected chi connectivity index (χ4v) is 4.94. The summed E-state index contributed by atoms with van der Waals surface area (Å²) < 4.78 is 7.10. The first-order valence-electron chi connectivity index (χ1n) is 7.97. The number of benzene rings is 1. The van der Waals surface area contributed by atoms with Crippen LogP contribution in [0.15, 0.2) is 29.6 Å². The first-order chi connectivity index (χ1) is 10.5. The Kier molecular flexibility index (Phi) is 3.27. The van der Waals surface area contributed by atoms with E-state index in [4.69, 9.17) is 4.74 Å². The molecule has 0 saturated carbocycles. The van der Waals surface area contributed by atoms with Crippen LogP contribution in [-0.2, 0) is 4.74 Å². The maximum absolute atomic E-state index is 12.6. The molecule has 1 aromatic heterocycles. The van der Waals surface area contributed by atoms with Gasteiger partial charge in [-0.2, -0.15) is 0 Å². The molecular weight excluding hydrogens is 294 g/mol. The Morgan fingerprint density at radius 1 is 1.27 bits per heavy atom. The molecule has 2 fully saturated rings. The van der Waals surface area contributed by atoms with Gasteiger partial charge in [0.1, 0.15) is 5.60 Å². The van der Waals surface area contributed by atoms with Crippen molar-refractivity contribution in [3.63, 3.8) is 0 Å². The Bertz CT molecular complexity index is 709. The van der Waals surface area contributed by atoms with Gasteiger partial charge in [0.25, 0.3) is 0 Å². The van der Waals surface area contributed by atoms with Crippen LogP contribution >= 0.6 is 11.3 Å². The number of carbonyl (C=O) groups is 1. The van der Waals surface area contributed by atoms with Crippen molar-refractivity contribution in [3.05, 3.63) is 35.2 Å². The van der Waals surface area contributed by atoms with Gasteiger partial charge in [-0.1, -0.05) is 6.07 Å². The number of fused-ring (bicyclic) bond motifs is 3. The smallest absolute Gasteiger partial charge is 0.338 e. The van der Waals surface area contributed by atoms with Crippen LogP contribution in [0.2, 0.25) is 0 Å². The molecule has 2 saturated heterocycles. The van der Waals surface area contributed by atoms with Gasteiger partial charge in [-0.25, -0.2) is 4.79 Å². The van der Waals surface area contributed by atoms with Gasteiger partial charge < -0.3 is 9.64 Å². The molecule has 1 unspecified atom stereocenters. The van der Waals surface area contributed by atoms with Crippen LogP contribution in [-0.4, -0.2) is 35.6 Å². The number of thiophene rings is 1. The Morgan fingerprint density at radius 3 is 2.73 bits per heavy atom. The lowest BCUT2D eigenvalue weighted by atomic mass is 9.88. The predicted octanol–water partition coefficient (Wildman–Crippen LogP) is 4.07. The standard InChI is InChI=1S/C18H21NO2S/c1-18(10-14-5-6-15(11-18)19(14)2)21-17(20)13-4-3-12-7-8-22-16(12)9-13/h3-4,7-9,14-15H,5-6,10-11H2,1-2H3/t14-,15+,18?. The van der Waals surface area contributed by atoms with Crippen molar-refractivity contribution in [2.24, 2.45) is 0 Å². The summed E-state index contributed by atoms with van der Waals surface area (Å²) in [4.78, 5) is 15.0. The summed E-state index contributed by atoms with van der Waals surface area (Å²) in [5.74, 6) is -0.179. The zero-order valence-electron chi connectivity index (χ0n) is 13.0. The average Bonchev–Trinajstić information content (AvgIpc) is 3.02. The molecule has 0 radical (unpaired) electrons. The topological polar surface area (TPSA) is 29.5 Å². The van der Waals surface area contributed by atoms with E-state index >= 15 is 0 Å². The maximum Gasteiger partial charge on any atom is 0.338 e. The van der Waals surface area contributed by atoms with Crippen molar-refractivity contribution >= 4 is 27.4 Å². The molecule has 2 aliphatic rings. The van der Waals surface area contributed by atoms with Gasteiger partial charge in [-0.05, 0) is 55.8 Å². The summed E-state index contributed by atoms with van der Waals surface area (Å²) in [5, 5.41) is 3.24. The van der Waals surface area contributed by atoms with Crippen molar-refractivity contribution in [2.75, 3.05) is 7.05 Å². The van der Waals surface area contributed by atoms with Crippen LogP contribution in [0.3, 0.4) is 0 Å². The van der Waals surface area contributed by atoms with Crippen LogP contribution in [0.5, 0.6) is 0 Å². The molecule has 0 N–H and O–H groups in total. The molecule has 0 spiro atoms. The molecule has 2 aliphatic heterocycles. The van der Waals surface area contributed by atoms with E-state index in [1.54, 1.807) is 11.3 Å². The van der Waals surface area contributed by atoms with E-state index in [1.165, 1.54) is 18.2 Å². The SMILES string of the molecule is CN1[C@@H]2CC[C@H]1CC(C)(OC(=O)c1ccc3ccsc3c1)C2. The molecule has 0 aliphatic carbocycles. The largest absolute Gasteiger partial charge is 0.456 e. The van der Waals surface area contributed by atoms with Crippen molar-refractivity contribution in [1.82, 2.24) is 4.90 Å². The van der Waals surface area contributed by atoms with E-state index in [1.807, 2.05) is 18.2 Å². The summed E-state index contributed by atoms with van der Waals surface area (Å²) >= 11 is 1.66. The van der Waals surface area contributed by atoms with E-state index in [2.05, 4.69) is 30.3 Å². The van der Waals surface area contributed by atoms with Crippen molar-refractivity contribution < 1.29 is 9.53 Å². The van der Waals surface area contributed by atoms with Crippen LogP contribution in [0.4, 0.5) is 0 Å². The summed E-state index contributed by atoms with van der Waals surface area (Å²) in [7, 11) is 2.20. The third kappa shape index (κ3) is 2.34. The molecule has 22 heavy (non-hydrogen) atoms. The number of hydrogen-bond donors (Lipinski definition) is 0. The lowest BCUT2D eigenvalue weighted by molar-refractivity contribution is -0.0556. The minimum absolute atomic E-state index is 0.179. The third-order valence-electron chi connectivity index (χ3n) is 5.35. The fourth-order valence-electron chi connectivity index (χ4n) is 4.11. The average molecular weight is 315 g/mol. The highest BCUT2D eigenvalue weighted by Crippen LogP contribution is 2.41. The molecule has 2 aromatic rings. The Hall–Kier alpha value is -1.39. The first-order valence-corrected chi connectivity index (χ1v) is 8.85. The number of rotatable bonds is 2. The number of ether oxygens (including phenoxy) is 1. The molecule has 4 heteroatoms. The van der Waals surface area contributed by atoms with Crippen LogP contribution < -0.4 is 0 Å². The lowest BCUT2D eigenvalue weighted by Gasteiger charge is -2.42. The van der Waals surface area contributed by atoms with Crippen molar-refractivity contribution in [1.29, 1.82) is 0 Å². The summed E-state index contributed by atoms with van der Waals surface area (Å²) in [6.45, 7) is 2.10. The molecule has 0 amide bonds. The zero-order valence-corrected chi connectivity index (χ0v) is 13.9. The Balaban J connectivity index is 1.54. The van der Waals surface area contributed by atoms with Gasteiger partial charge in [0, 0.05) is 29.6 Å². The highest BCUT2D eigenvalue weighted by Gasteiger charge is 2.46. The highest BCUT2D eigenvalue weighted by atomic mass is 32.1. The molecule has 3 atom stereocenters. The molecule has 3 heterocycles. The first kappa shape index (κ1) is 14.2. The van der Waals surface area contributed by atoms with Crippen molar-refractivity contribution in [2.45, 2.75) is 50.3 Å². The Morgan fingerprint density at radius 2 is 2.00 bits per heavy atom. The van der Waals surface area contributed by atoms with E-state index < -0.39 is 0 Å². The Labute approximate surface area is 134 Å². The number of esters is 1.